The molecule has 52 heavy (non-hydrogen) atoms. The summed E-state index contributed by atoms with van der Waals surface area (Å²) >= 11 is 0. The number of nitrogens with zero attached hydrogens (tertiary/aromatic N) is 5. The van der Waals surface area contributed by atoms with Crippen molar-refractivity contribution in [1.82, 2.24) is 15.0 Å². The number of phenolic OH excluding ortho intramolecular Hbond substituents is 1. The van der Waals surface area contributed by atoms with Gasteiger partial charge in [-0.2, -0.15) is 31.8 Å². The van der Waals surface area contributed by atoms with E-state index in [1.165, 1.54) is 30.3 Å². The molecule has 0 saturated carbocycles. The summed E-state index contributed by atoms with van der Waals surface area (Å²) in [6.45, 7) is 1.59. The molecule has 5 aromatic rings. The Labute approximate surface area is 294 Å². The molecule has 1 heterocycles. The van der Waals surface area contributed by atoms with Crippen molar-refractivity contribution in [3.63, 3.8) is 0 Å². The molecular weight excluding hydrogens is 727 g/mol. The molecule has 270 valence electrons. The molecule has 0 saturated heterocycles. The Bertz CT molecular complexity index is 2450. The highest BCUT2D eigenvalue weighted by Gasteiger charge is 2.23. The Hall–Kier alpha value is -6.29. The summed E-state index contributed by atoms with van der Waals surface area (Å²) in [5.41, 5.74) is -0.243. The highest BCUT2D eigenvalue weighted by molar-refractivity contribution is 7.86. The van der Waals surface area contributed by atoms with Crippen LogP contribution in [0.1, 0.15) is 18.4 Å². The molecule has 0 bridgehead atoms. The van der Waals surface area contributed by atoms with Crippen LogP contribution in [0.15, 0.2) is 92.8 Å². The number of phenols is 1. The predicted octanol–water partition coefficient (Wildman–Crippen LogP) is 5.21. The van der Waals surface area contributed by atoms with Crippen LogP contribution in [0.25, 0.3) is 10.8 Å². The lowest BCUT2D eigenvalue weighted by Crippen LogP contribution is -2.31. The van der Waals surface area contributed by atoms with Crippen LogP contribution in [-0.4, -0.2) is 74.2 Å². The standard InChI is InChI=1S/C31H27N7O12S2/c1-16-7-9-20(24(13-16)52(47,48)49)37-38-21-10-8-17-14-19(51(44,45)46)15-23(26(17)27(21)41)33-30-34-29(32-22(28(42)43)11-12-25(39)40)35-31(36-30)50-18-5-3-2-4-6-18/h2-10,13-15,22,41H,11-12H2,1H3,(H,39,40)(H,42,43)(H,44,45,46)(H,47,48,49)(H2,32,33,34,35,36). The van der Waals surface area contributed by atoms with Crippen LogP contribution in [-0.2, 0) is 29.8 Å². The van der Waals surface area contributed by atoms with E-state index in [1.54, 1.807) is 37.3 Å². The second kappa shape index (κ2) is 14.9. The highest BCUT2D eigenvalue weighted by atomic mass is 32.2. The van der Waals surface area contributed by atoms with E-state index in [0.29, 0.717) is 5.56 Å². The van der Waals surface area contributed by atoms with Crippen molar-refractivity contribution in [3.05, 3.63) is 78.4 Å². The fraction of sp³-hybridized carbons (Fsp3) is 0.129. The molecule has 0 aliphatic rings. The van der Waals surface area contributed by atoms with Gasteiger partial charge < -0.3 is 30.7 Å². The maximum Gasteiger partial charge on any atom is 0.328 e. The van der Waals surface area contributed by atoms with Crippen molar-refractivity contribution in [2.75, 3.05) is 10.6 Å². The summed E-state index contributed by atoms with van der Waals surface area (Å²) in [6.07, 6.45) is -0.878. The third kappa shape index (κ3) is 9.08. The zero-order chi connectivity index (χ0) is 37.8. The lowest BCUT2D eigenvalue weighted by atomic mass is 10.1. The number of carboxylic acid groups (broad SMARTS) is 2. The van der Waals surface area contributed by atoms with Crippen molar-refractivity contribution < 1.29 is 55.6 Å². The van der Waals surface area contributed by atoms with Gasteiger partial charge in [-0.15, -0.1) is 10.2 Å². The van der Waals surface area contributed by atoms with Gasteiger partial charge in [0, 0.05) is 11.8 Å². The number of aryl methyl sites for hydroxylation is 1. The monoisotopic (exact) mass is 753 g/mol. The Balaban J connectivity index is 1.63. The van der Waals surface area contributed by atoms with E-state index >= 15 is 0 Å². The first kappa shape index (κ1) is 37.0. The molecule has 21 heteroatoms. The van der Waals surface area contributed by atoms with Gasteiger partial charge in [0.05, 0.1) is 10.6 Å². The highest BCUT2D eigenvalue weighted by Crippen LogP contribution is 2.42. The number of carbonyl (C=O) groups is 2. The number of hydrogen-bond donors (Lipinski definition) is 7. The maximum atomic E-state index is 12.2. The molecule has 0 radical (unpaired) electrons. The first-order chi connectivity index (χ1) is 24.5. The van der Waals surface area contributed by atoms with E-state index < -0.39 is 78.1 Å². The van der Waals surface area contributed by atoms with E-state index in [1.807, 2.05) is 0 Å². The summed E-state index contributed by atoms with van der Waals surface area (Å²) in [5.74, 6) is -3.83. The number of carboxylic acids is 2. The van der Waals surface area contributed by atoms with Crippen LogP contribution >= 0.6 is 0 Å². The number of para-hydroxylation sites is 1. The topological polar surface area (TPSA) is 300 Å². The average molecular weight is 754 g/mol. The predicted molar refractivity (Wildman–Crippen MR) is 182 cm³/mol. The van der Waals surface area contributed by atoms with E-state index in [0.717, 1.165) is 12.1 Å². The molecule has 19 nitrogen and oxygen atoms in total. The minimum atomic E-state index is -4.84. The summed E-state index contributed by atoms with van der Waals surface area (Å²) in [5, 5.41) is 43.1. The third-order valence-electron chi connectivity index (χ3n) is 7.06. The van der Waals surface area contributed by atoms with Gasteiger partial charge in [0.15, 0.2) is 5.75 Å². The smallest absolute Gasteiger partial charge is 0.328 e. The lowest BCUT2D eigenvalue weighted by molar-refractivity contribution is -0.139. The lowest BCUT2D eigenvalue weighted by Gasteiger charge is -2.16. The van der Waals surface area contributed by atoms with Crippen LogP contribution in [0.4, 0.5) is 29.0 Å². The fourth-order valence-electron chi connectivity index (χ4n) is 4.67. The number of nitrogens with one attached hydrogen (secondary N) is 2. The largest absolute Gasteiger partial charge is 0.505 e. The summed E-state index contributed by atoms with van der Waals surface area (Å²) < 4.78 is 73.6. The van der Waals surface area contributed by atoms with Gasteiger partial charge in [0.2, 0.25) is 11.9 Å². The van der Waals surface area contributed by atoms with Crippen molar-refractivity contribution in [2.45, 2.75) is 35.6 Å². The zero-order valence-electron chi connectivity index (χ0n) is 26.6. The van der Waals surface area contributed by atoms with Gasteiger partial charge in [-0.05, 0) is 66.8 Å². The average Bonchev–Trinajstić information content (AvgIpc) is 3.06. The number of hydrogen-bond acceptors (Lipinski definition) is 15. The van der Waals surface area contributed by atoms with Gasteiger partial charge in [-0.1, -0.05) is 30.3 Å². The van der Waals surface area contributed by atoms with Crippen molar-refractivity contribution in [3.8, 4) is 17.5 Å². The first-order valence-electron chi connectivity index (χ1n) is 14.7. The Morgan fingerprint density at radius 3 is 2.17 bits per heavy atom. The van der Waals surface area contributed by atoms with E-state index in [2.05, 4.69) is 35.8 Å². The molecule has 1 unspecified atom stereocenters. The number of fused-ring (bicyclic) bond motifs is 1. The molecule has 0 fully saturated rings. The number of aromatic nitrogens is 3. The van der Waals surface area contributed by atoms with Crippen LogP contribution in [0, 0.1) is 6.92 Å². The van der Waals surface area contributed by atoms with Crippen molar-refractivity contribution in [1.29, 1.82) is 0 Å². The van der Waals surface area contributed by atoms with Gasteiger partial charge >= 0.3 is 17.9 Å². The molecule has 0 amide bonds. The van der Waals surface area contributed by atoms with Crippen molar-refractivity contribution >= 4 is 71.9 Å². The van der Waals surface area contributed by atoms with Gasteiger partial charge in [0.1, 0.15) is 28.1 Å². The number of anilines is 3. The summed E-state index contributed by atoms with van der Waals surface area (Å²) in [6, 6.07) is 14.7. The number of benzene rings is 4. The molecule has 0 aliphatic carbocycles. The molecule has 0 aliphatic heterocycles. The molecule has 5 rings (SSSR count). The molecule has 1 atom stereocenters. The quantitative estimate of drug-likeness (QED) is 0.0565. The Morgan fingerprint density at radius 1 is 0.846 bits per heavy atom. The second-order valence-corrected chi connectivity index (χ2v) is 13.7. The summed E-state index contributed by atoms with van der Waals surface area (Å²) in [7, 11) is -9.56. The number of aromatic hydroxyl groups is 1. The number of aliphatic carboxylic acids is 2. The van der Waals surface area contributed by atoms with Gasteiger partial charge in [0.25, 0.3) is 20.2 Å². The van der Waals surface area contributed by atoms with E-state index in [-0.39, 0.29) is 40.0 Å². The molecular formula is C31H27N7O12S2. The second-order valence-electron chi connectivity index (χ2n) is 10.9. The third-order valence-corrected chi connectivity index (χ3v) is 8.78. The number of rotatable bonds is 14. The fourth-order valence-corrected chi connectivity index (χ4v) is 5.92. The first-order valence-corrected chi connectivity index (χ1v) is 17.6. The van der Waals surface area contributed by atoms with Crippen LogP contribution in [0.5, 0.6) is 17.5 Å². The number of azo groups is 1. The minimum Gasteiger partial charge on any atom is -0.505 e. The van der Waals surface area contributed by atoms with Gasteiger partial charge in [-0.3, -0.25) is 13.9 Å². The normalized spacial score (nSPS) is 12.4. The van der Waals surface area contributed by atoms with E-state index in [4.69, 9.17) is 9.84 Å². The molecule has 0 spiro atoms. The van der Waals surface area contributed by atoms with Crippen LogP contribution < -0.4 is 15.4 Å². The molecule has 7 N–H and O–H groups in total. The Morgan fingerprint density at radius 2 is 1.52 bits per heavy atom. The molecule has 1 aromatic heterocycles. The van der Waals surface area contributed by atoms with Crippen molar-refractivity contribution in [2.24, 2.45) is 10.2 Å². The van der Waals surface area contributed by atoms with Crippen LogP contribution in [0.3, 0.4) is 0 Å². The summed E-state index contributed by atoms with van der Waals surface area (Å²) in [4.78, 5) is 34.2. The molecule has 4 aromatic carbocycles. The van der Waals surface area contributed by atoms with E-state index in [9.17, 15) is 45.7 Å². The Kier molecular flexibility index (Phi) is 10.6. The minimum absolute atomic E-state index is 0.0378. The SMILES string of the molecule is Cc1ccc(N=Nc2ccc3cc(S(=O)(=O)O)cc(Nc4nc(NC(CCC(=O)O)C(=O)O)nc(Oc5ccccc5)n4)c3c2O)c(S(=O)(=O)O)c1. The number of ether oxygens (including phenoxy) is 1. The van der Waals surface area contributed by atoms with Crippen LogP contribution in [0.2, 0.25) is 0 Å². The maximum absolute atomic E-state index is 12.2. The zero-order valence-corrected chi connectivity index (χ0v) is 28.2. The van der Waals surface area contributed by atoms with Gasteiger partial charge in [-0.25, -0.2) is 4.79 Å².